The zero-order valence-electron chi connectivity index (χ0n) is 13.2. The maximum absolute atomic E-state index is 12.2. The van der Waals surface area contributed by atoms with E-state index in [0.717, 1.165) is 30.9 Å². The number of carbonyl (C=O) groups excluding carboxylic acids is 1. The number of carbonyl (C=O) groups is 1. The molecule has 0 aromatic carbocycles. The van der Waals surface area contributed by atoms with Gasteiger partial charge in [-0.2, -0.15) is 5.26 Å². The van der Waals surface area contributed by atoms with Crippen molar-refractivity contribution in [3.8, 4) is 6.07 Å². The predicted octanol–water partition coefficient (Wildman–Crippen LogP) is 3.67. The van der Waals surface area contributed by atoms with Crippen LogP contribution in [0.15, 0.2) is 0 Å². The highest BCUT2D eigenvalue weighted by atomic mass is 32.1. The van der Waals surface area contributed by atoms with Crippen LogP contribution in [0.3, 0.4) is 0 Å². The van der Waals surface area contributed by atoms with E-state index >= 15 is 0 Å². The van der Waals surface area contributed by atoms with Gasteiger partial charge in [0.05, 0.1) is 10.6 Å². The van der Waals surface area contributed by atoms with Gasteiger partial charge in [-0.3, -0.25) is 4.79 Å². The minimum Gasteiger partial charge on any atom is -0.396 e. The molecule has 5 heteroatoms. The second-order valence-corrected chi connectivity index (χ2v) is 7.81. The lowest BCUT2D eigenvalue weighted by atomic mass is 9.83. The van der Waals surface area contributed by atoms with Gasteiger partial charge in [-0.05, 0) is 18.3 Å². The Morgan fingerprint density at radius 1 is 1.38 bits per heavy atom. The van der Waals surface area contributed by atoms with Crippen molar-refractivity contribution >= 4 is 27.8 Å². The van der Waals surface area contributed by atoms with Crippen molar-refractivity contribution in [3.63, 3.8) is 0 Å². The van der Waals surface area contributed by atoms with Crippen LogP contribution in [-0.2, 0) is 0 Å². The fourth-order valence-corrected chi connectivity index (χ4v) is 3.83. The van der Waals surface area contributed by atoms with Gasteiger partial charge in [-0.25, -0.2) is 0 Å². The van der Waals surface area contributed by atoms with Crippen molar-refractivity contribution in [2.75, 3.05) is 23.7 Å². The lowest BCUT2D eigenvalue weighted by Gasteiger charge is -2.37. The molecule has 2 N–H and O–H groups in total. The summed E-state index contributed by atoms with van der Waals surface area (Å²) in [6, 6.07) is 2.19. The number of thiophene rings is 1. The summed E-state index contributed by atoms with van der Waals surface area (Å²) < 4.78 is 0. The van der Waals surface area contributed by atoms with E-state index in [4.69, 9.17) is 5.73 Å². The van der Waals surface area contributed by atoms with Crippen LogP contribution in [0.1, 0.15) is 55.8 Å². The van der Waals surface area contributed by atoms with Gasteiger partial charge < -0.3 is 10.6 Å². The van der Waals surface area contributed by atoms with Gasteiger partial charge in [-0.1, -0.05) is 27.7 Å². The number of nitrogen functional groups attached to an aromatic ring is 1. The van der Waals surface area contributed by atoms with E-state index in [9.17, 15) is 10.1 Å². The molecule has 2 heterocycles. The molecular formula is C16H23N3OS. The van der Waals surface area contributed by atoms with Crippen LogP contribution in [0.25, 0.3) is 0 Å². The van der Waals surface area contributed by atoms with E-state index in [2.05, 4.69) is 24.8 Å². The van der Waals surface area contributed by atoms with E-state index in [1.807, 2.05) is 13.8 Å². The average molecular weight is 305 g/mol. The van der Waals surface area contributed by atoms with Gasteiger partial charge in [0, 0.05) is 19.0 Å². The van der Waals surface area contributed by atoms with Crippen molar-refractivity contribution in [2.24, 2.45) is 11.3 Å². The maximum Gasteiger partial charge on any atom is 0.177 e. The molecule has 0 bridgehead atoms. The van der Waals surface area contributed by atoms with Crippen LogP contribution in [0.2, 0.25) is 0 Å². The number of ketones is 1. The number of nitrogens with zero attached hydrogens (tertiary/aromatic N) is 2. The third-order valence-electron chi connectivity index (χ3n) is 4.19. The molecule has 0 atom stereocenters. The average Bonchev–Trinajstić information content (AvgIpc) is 2.74. The minimum absolute atomic E-state index is 0.0255. The van der Waals surface area contributed by atoms with Crippen molar-refractivity contribution in [1.82, 2.24) is 0 Å². The Bertz CT molecular complexity index is 585. The van der Waals surface area contributed by atoms with Gasteiger partial charge in [0.15, 0.2) is 5.78 Å². The molecule has 2 rings (SSSR count). The number of rotatable bonds is 3. The number of Topliss-reactive ketones (excluding diaryl/α,β-unsaturated/α-hetero) is 1. The number of piperidine rings is 1. The Morgan fingerprint density at radius 3 is 2.43 bits per heavy atom. The molecule has 0 radical (unpaired) electrons. The summed E-state index contributed by atoms with van der Waals surface area (Å²) in [4.78, 5) is 15.0. The highest BCUT2D eigenvalue weighted by Crippen LogP contribution is 2.41. The second-order valence-electron chi connectivity index (χ2n) is 6.81. The summed E-state index contributed by atoms with van der Waals surface area (Å²) in [6.45, 7) is 10.1. The molecular weight excluding hydrogens is 282 g/mol. The summed E-state index contributed by atoms with van der Waals surface area (Å²) in [5.41, 5.74) is 7.24. The molecule has 0 spiro atoms. The summed E-state index contributed by atoms with van der Waals surface area (Å²) >= 11 is 1.38. The normalized spacial score (nSPS) is 17.8. The first-order valence-corrected chi connectivity index (χ1v) is 8.20. The molecule has 4 nitrogen and oxygen atoms in total. The molecule has 114 valence electrons. The molecule has 1 aromatic rings. The molecule has 1 aromatic heterocycles. The summed E-state index contributed by atoms with van der Waals surface area (Å²) in [5, 5.41) is 10.3. The van der Waals surface area contributed by atoms with Crippen LogP contribution >= 0.6 is 11.3 Å². The lowest BCUT2D eigenvalue weighted by molar-refractivity contribution is 0.0944. The van der Waals surface area contributed by atoms with Crippen molar-refractivity contribution in [1.29, 1.82) is 5.26 Å². The number of nitrogens with two attached hydrogens (primary N) is 1. The Labute approximate surface area is 130 Å². The number of anilines is 2. The largest absolute Gasteiger partial charge is 0.396 e. The zero-order valence-corrected chi connectivity index (χ0v) is 14.0. The van der Waals surface area contributed by atoms with Gasteiger partial charge >= 0.3 is 0 Å². The third-order valence-corrected chi connectivity index (χ3v) is 5.47. The zero-order chi connectivity index (χ0) is 15.8. The van der Waals surface area contributed by atoms with Gasteiger partial charge in [0.25, 0.3) is 0 Å². The Morgan fingerprint density at radius 2 is 1.95 bits per heavy atom. The highest BCUT2D eigenvalue weighted by molar-refractivity contribution is 7.19. The first kappa shape index (κ1) is 15.8. The molecule has 0 aliphatic carbocycles. The summed E-state index contributed by atoms with van der Waals surface area (Å²) in [5.74, 6) is -0.0804. The molecule has 0 amide bonds. The fourth-order valence-electron chi connectivity index (χ4n) is 2.52. The standard InChI is InChI=1S/C16H23N3OS/c1-10(2)13(20)14-12(18)11(9-17)15(21-14)19-7-5-16(3,4)6-8-19/h10H,5-8,18H2,1-4H3. The predicted molar refractivity (Wildman–Crippen MR) is 87.8 cm³/mol. The first-order chi connectivity index (χ1) is 9.76. The van der Waals surface area contributed by atoms with E-state index < -0.39 is 0 Å². The number of hydrogen-bond acceptors (Lipinski definition) is 5. The molecule has 21 heavy (non-hydrogen) atoms. The minimum atomic E-state index is -0.106. The Kier molecular flexibility index (Phi) is 4.29. The lowest BCUT2D eigenvalue weighted by Crippen LogP contribution is -2.37. The topological polar surface area (TPSA) is 70.1 Å². The van der Waals surface area contributed by atoms with E-state index in [0.29, 0.717) is 21.5 Å². The molecule has 0 unspecified atom stereocenters. The molecule has 1 aliphatic heterocycles. The van der Waals surface area contributed by atoms with Crippen LogP contribution in [0.4, 0.5) is 10.7 Å². The summed E-state index contributed by atoms with van der Waals surface area (Å²) in [7, 11) is 0. The van der Waals surface area contributed by atoms with Crippen molar-refractivity contribution in [2.45, 2.75) is 40.5 Å². The fraction of sp³-hybridized carbons (Fsp3) is 0.625. The van der Waals surface area contributed by atoms with Crippen molar-refractivity contribution in [3.05, 3.63) is 10.4 Å². The van der Waals surface area contributed by atoms with Gasteiger partial charge in [0.1, 0.15) is 16.6 Å². The number of nitriles is 1. The molecule has 1 fully saturated rings. The van der Waals surface area contributed by atoms with Crippen LogP contribution < -0.4 is 10.6 Å². The van der Waals surface area contributed by atoms with Crippen LogP contribution in [0, 0.1) is 22.7 Å². The van der Waals surface area contributed by atoms with E-state index in [1.165, 1.54) is 11.3 Å². The van der Waals surface area contributed by atoms with Crippen LogP contribution in [-0.4, -0.2) is 18.9 Å². The summed E-state index contributed by atoms with van der Waals surface area (Å²) in [6.07, 6.45) is 2.17. The quantitative estimate of drug-likeness (QED) is 0.865. The van der Waals surface area contributed by atoms with Crippen molar-refractivity contribution < 1.29 is 4.79 Å². The third kappa shape index (κ3) is 3.06. The maximum atomic E-state index is 12.2. The molecule has 1 aliphatic rings. The number of hydrogen-bond donors (Lipinski definition) is 1. The second kappa shape index (κ2) is 5.69. The molecule has 0 saturated carbocycles. The monoisotopic (exact) mass is 305 g/mol. The first-order valence-electron chi connectivity index (χ1n) is 7.38. The van der Waals surface area contributed by atoms with Gasteiger partial charge in [-0.15, -0.1) is 11.3 Å². The Hall–Kier alpha value is -1.54. The highest BCUT2D eigenvalue weighted by Gasteiger charge is 2.30. The van der Waals surface area contributed by atoms with Gasteiger partial charge in [0.2, 0.25) is 0 Å². The molecule has 1 saturated heterocycles. The van der Waals surface area contributed by atoms with E-state index in [1.54, 1.807) is 0 Å². The van der Waals surface area contributed by atoms with E-state index in [-0.39, 0.29) is 11.7 Å². The smallest absolute Gasteiger partial charge is 0.177 e. The Balaban J connectivity index is 2.35. The SMILES string of the molecule is CC(C)C(=O)c1sc(N2CCC(C)(C)CC2)c(C#N)c1N. The van der Waals surface area contributed by atoms with Crippen LogP contribution in [0.5, 0.6) is 0 Å².